The topological polar surface area (TPSA) is 28.2 Å². The van der Waals surface area contributed by atoms with Crippen molar-refractivity contribution in [2.24, 2.45) is 5.41 Å². The predicted octanol–water partition coefficient (Wildman–Crippen LogP) is 3.14. The second kappa shape index (κ2) is 5.70. The zero-order valence-electron chi connectivity index (χ0n) is 11.9. The summed E-state index contributed by atoms with van der Waals surface area (Å²) in [7, 11) is 0. The average Bonchev–Trinajstić information content (AvgIpc) is 2.35. The largest absolute Gasteiger partial charge is 0.370 e. The molecule has 0 bridgehead atoms. The molecule has 2 heterocycles. The van der Waals surface area contributed by atoms with E-state index in [4.69, 9.17) is 0 Å². The van der Waals surface area contributed by atoms with Gasteiger partial charge in [0.15, 0.2) is 0 Å². The fourth-order valence-corrected chi connectivity index (χ4v) is 2.45. The van der Waals surface area contributed by atoms with Crippen molar-refractivity contribution in [1.82, 2.24) is 9.88 Å². The van der Waals surface area contributed by atoms with Gasteiger partial charge in [0.05, 0.1) is 0 Å². The number of likely N-dealkylation sites (tertiary alicyclic amines) is 1. The van der Waals surface area contributed by atoms with Crippen LogP contribution in [0.2, 0.25) is 0 Å². The van der Waals surface area contributed by atoms with E-state index < -0.39 is 0 Å². The Morgan fingerprint density at radius 1 is 1.33 bits per heavy atom. The molecule has 1 N–H and O–H groups in total. The van der Waals surface area contributed by atoms with Crippen molar-refractivity contribution in [1.29, 1.82) is 0 Å². The van der Waals surface area contributed by atoms with Crippen molar-refractivity contribution in [3.8, 4) is 0 Å². The second-order valence-corrected chi connectivity index (χ2v) is 5.98. The second-order valence-electron chi connectivity index (χ2n) is 5.98. The molecule has 2 rings (SSSR count). The van der Waals surface area contributed by atoms with Crippen LogP contribution in [0.4, 0.5) is 5.82 Å². The third kappa shape index (κ3) is 3.45. The zero-order chi connectivity index (χ0) is 13.0. The average molecular weight is 247 g/mol. The maximum absolute atomic E-state index is 4.42. The molecule has 0 amide bonds. The lowest BCUT2D eigenvalue weighted by molar-refractivity contribution is 0.127. The number of pyridine rings is 1. The first-order valence-corrected chi connectivity index (χ1v) is 7.01. The van der Waals surface area contributed by atoms with Gasteiger partial charge in [0.1, 0.15) is 5.82 Å². The van der Waals surface area contributed by atoms with Gasteiger partial charge >= 0.3 is 0 Å². The molecule has 1 saturated heterocycles. The molecule has 0 unspecified atom stereocenters. The van der Waals surface area contributed by atoms with Gasteiger partial charge in [-0.25, -0.2) is 4.98 Å². The Morgan fingerprint density at radius 3 is 2.72 bits per heavy atom. The van der Waals surface area contributed by atoms with Crippen molar-refractivity contribution >= 4 is 5.82 Å². The molecule has 1 aromatic rings. The Labute approximate surface area is 111 Å². The van der Waals surface area contributed by atoms with Crippen LogP contribution in [0.5, 0.6) is 0 Å². The Kier molecular flexibility index (Phi) is 4.23. The number of aromatic nitrogens is 1. The van der Waals surface area contributed by atoms with Crippen LogP contribution in [-0.4, -0.2) is 29.5 Å². The summed E-state index contributed by atoms with van der Waals surface area (Å²) in [6.45, 7) is 11.2. The van der Waals surface area contributed by atoms with Crippen molar-refractivity contribution in [2.45, 2.75) is 40.2 Å². The van der Waals surface area contributed by atoms with Gasteiger partial charge in [0.2, 0.25) is 0 Å². The van der Waals surface area contributed by atoms with Crippen LogP contribution in [0.15, 0.2) is 18.3 Å². The summed E-state index contributed by atoms with van der Waals surface area (Å²) in [5.41, 5.74) is 1.84. The molecule has 1 fully saturated rings. The molecular weight excluding hydrogens is 222 g/mol. The molecule has 0 aliphatic carbocycles. The number of hydrogen-bond donors (Lipinski definition) is 1. The molecule has 0 spiro atoms. The summed E-state index contributed by atoms with van der Waals surface area (Å²) in [5, 5.41) is 3.34. The van der Waals surface area contributed by atoms with Crippen molar-refractivity contribution in [2.75, 3.05) is 25.0 Å². The number of nitrogens with zero attached hydrogens (tertiary/aromatic N) is 2. The standard InChI is InChI=1S/C15H25N3/c1-4-16-14-13(6-5-9-17-14)12-18-10-7-15(2,3)8-11-18/h5-6,9H,4,7-8,10-12H2,1-3H3,(H,16,17). The van der Waals surface area contributed by atoms with Gasteiger partial charge in [-0.3, -0.25) is 4.90 Å². The maximum Gasteiger partial charge on any atom is 0.130 e. The number of hydrogen-bond acceptors (Lipinski definition) is 3. The van der Waals surface area contributed by atoms with Crippen LogP contribution in [0.3, 0.4) is 0 Å². The van der Waals surface area contributed by atoms with Gasteiger partial charge in [0, 0.05) is 24.8 Å². The summed E-state index contributed by atoms with van der Waals surface area (Å²) < 4.78 is 0. The van der Waals surface area contributed by atoms with Crippen LogP contribution in [0.1, 0.15) is 39.2 Å². The third-order valence-corrected chi connectivity index (χ3v) is 3.84. The summed E-state index contributed by atoms with van der Waals surface area (Å²) in [6.07, 6.45) is 4.45. The van der Waals surface area contributed by atoms with E-state index in [0.717, 1.165) is 18.9 Å². The fourth-order valence-electron chi connectivity index (χ4n) is 2.45. The van der Waals surface area contributed by atoms with Gasteiger partial charge < -0.3 is 5.32 Å². The Bertz CT molecular complexity index is 377. The Balaban J connectivity index is 1.97. The van der Waals surface area contributed by atoms with E-state index in [9.17, 15) is 0 Å². The molecule has 18 heavy (non-hydrogen) atoms. The highest BCUT2D eigenvalue weighted by molar-refractivity contribution is 5.43. The first kappa shape index (κ1) is 13.3. The maximum atomic E-state index is 4.42. The van der Waals surface area contributed by atoms with Gasteiger partial charge in [-0.05, 0) is 44.3 Å². The lowest BCUT2D eigenvalue weighted by Gasteiger charge is -2.37. The molecule has 100 valence electrons. The highest BCUT2D eigenvalue weighted by Gasteiger charge is 2.25. The molecule has 0 atom stereocenters. The van der Waals surface area contributed by atoms with E-state index in [-0.39, 0.29) is 0 Å². The molecule has 0 radical (unpaired) electrons. The Morgan fingerprint density at radius 2 is 2.06 bits per heavy atom. The van der Waals surface area contributed by atoms with Crippen LogP contribution in [0, 0.1) is 5.41 Å². The molecule has 0 saturated carbocycles. The van der Waals surface area contributed by atoms with Gasteiger partial charge in [0.25, 0.3) is 0 Å². The monoisotopic (exact) mass is 247 g/mol. The van der Waals surface area contributed by atoms with E-state index >= 15 is 0 Å². The summed E-state index contributed by atoms with van der Waals surface area (Å²) >= 11 is 0. The third-order valence-electron chi connectivity index (χ3n) is 3.84. The van der Waals surface area contributed by atoms with E-state index in [1.807, 2.05) is 12.3 Å². The molecule has 1 aliphatic rings. The van der Waals surface area contributed by atoms with Crippen molar-refractivity contribution < 1.29 is 0 Å². The molecule has 1 aromatic heterocycles. The summed E-state index contributed by atoms with van der Waals surface area (Å²) in [5.74, 6) is 1.05. The minimum atomic E-state index is 0.524. The minimum Gasteiger partial charge on any atom is -0.370 e. The molecule has 3 heteroatoms. The first-order valence-electron chi connectivity index (χ1n) is 7.01. The van der Waals surface area contributed by atoms with Gasteiger partial charge in [-0.2, -0.15) is 0 Å². The first-order chi connectivity index (χ1) is 8.61. The predicted molar refractivity (Wildman–Crippen MR) is 76.7 cm³/mol. The fraction of sp³-hybridized carbons (Fsp3) is 0.667. The number of anilines is 1. The molecule has 0 aromatic carbocycles. The molecule has 1 aliphatic heterocycles. The zero-order valence-corrected chi connectivity index (χ0v) is 11.9. The van der Waals surface area contributed by atoms with Gasteiger partial charge in [-0.15, -0.1) is 0 Å². The quantitative estimate of drug-likeness (QED) is 0.886. The normalized spacial score (nSPS) is 19.7. The van der Waals surface area contributed by atoms with E-state index in [2.05, 4.69) is 42.0 Å². The van der Waals surface area contributed by atoms with Crippen molar-refractivity contribution in [3.63, 3.8) is 0 Å². The van der Waals surface area contributed by atoms with Crippen LogP contribution in [0.25, 0.3) is 0 Å². The number of rotatable bonds is 4. The molecular formula is C15H25N3. The van der Waals surface area contributed by atoms with Crippen LogP contribution < -0.4 is 5.32 Å². The summed E-state index contributed by atoms with van der Waals surface area (Å²) in [6, 6.07) is 4.22. The minimum absolute atomic E-state index is 0.524. The van der Waals surface area contributed by atoms with Crippen molar-refractivity contribution in [3.05, 3.63) is 23.9 Å². The molecule has 3 nitrogen and oxygen atoms in total. The van der Waals surface area contributed by atoms with E-state index in [0.29, 0.717) is 5.41 Å². The van der Waals surface area contributed by atoms with Gasteiger partial charge in [-0.1, -0.05) is 19.9 Å². The smallest absolute Gasteiger partial charge is 0.130 e. The lowest BCUT2D eigenvalue weighted by atomic mass is 9.82. The highest BCUT2D eigenvalue weighted by atomic mass is 15.1. The highest BCUT2D eigenvalue weighted by Crippen LogP contribution is 2.30. The lowest BCUT2D eigenvalue weighted by Crippen LogP contribution is -2.36. The number of piperidine rings is 1. The number of nitrogens with one attached hydrogen (secondary N) is 1. The van der Waals surface area contributed by atoms with E-state index in [1.165, 1.54) is 31.5 Å². The SMILES string of the molecule is CCNc1ncccc1CN1CCC(C)(C)CC1. The Hall–Kier alpha value is -1.09. The van der Waals surface area contributed by atoms with E-state index in [1.54, 1.807) is 0 Å². The van der Waals surface area contributed by atoms with Crippen LogP contribution >= 0.6 is 0 Å². The van der Waals surface area contributed by atoms with Crippen LogP contribution in [-0.2, 0) is 6.54 Å². The summed E-state index contributed by atoms with van der Waals surface area (Å²) in [4.78, 5) is 6.97.